The van der Waals surface area contributed by atoms with Crippen molar-refractivity contribution in [2.75, 3.05) is 13.6 Å². The molecule has 0 bridgehead atoms. The Kier molecular flexibility index (Phi) is 3.75. The van der Waals surface area contributed by atoms with E-state index in [1.54, 1.807) is 11.9 Å². The molecule has 0 aliphatic carbocycles. The van der Waals surface area contributed by atoms with Crippen LogP contribution in [0, 0.1) is 6.92 Å². The molecular formula is C19H23N5O2. The number of carbonyl (C=O) groups is 2. The van der Waals surface area contributed by atoms with Gasteiger partial charge in [-0.15, -0.1) is 0 Å². The van der Waals surface area contributed by atoms with Gasteiger partial charge in [-0.25, -0.2) is 9.79 Å². The zero-order valence-electron chi connectivity index (χ0n) is 15.5. The van der Waals surface area contributed by atoms with Gasteiger partial charge in [-0.05, 0) is 26.3 Å². The summed E-state index contributed by atoms with van der Waals surface area (Å²) >= 11 is 0. The van der Waals surface area contributed by atoms with Crippen molar-refractivity contribution < 1.29 is 9.59 Å². The van der Waals surface area contributed by atoms with E-state index in [9.17, 15) is 9.59 Å². The van der Waals surface area contributed by atoms with Crippen molar-refractivity contribution in [3.8, 4) is 0 Å². The van der Waals surface area contributed by atoms with Crippen LogP contribution in [0.2, 0.25) is 0 Å². The third-order valence-electron chi connectivity index (χ3n) is 5.28. The second kappa shape index (κ2) is 5.86. The molecule has 26 heavy (non-hydrogen) atoms. The number of aliphatic imine (C=N–C) groups is 1. The third-order valence-corrected chi connectivity index (χ3v) is 5.28. The van der Waals surface area contributed by atoms with Gasteiger partial charge < -0.3 is 14.7 Å². The minimum atomic E-state index is -0.496. The first-order valence-electron chi connectivity index (χ1n) is 8.88. The molecule has 1 fully saturated rings. The van der Waals surface area contributed by atoms with Crippen LogP contribution in [0.15, 0.2) is 41.2 Å². The van der Waals surface area contributed by atoms with Crippen LogP contribution in [0.5, 0.6) is 0 Å². The summed E-state index contributed by atoms with van der Waals surface area (Å²) in [5.74, 6) is 0.560. The quantitative estimate of drug-likeness (QED) is 0.833. The predicted molar refractivity (Wildman–Crippen MR) is 97.9 cm³/mol. The SMILES string of the molecule is CCN1C(C)=CN2C1=NC1C2C(=O)N(Cc2ccc(C)cc2)C(=O)N1C. The summed E-state index contributed by atoms with van der Waals surface area (Å²) < 4.78 is 0. The van der Waals surface area contributed by atoms with E-state index in [4.69, 9.17) is 0 Å². The predicted octanol–water partition coefficient (Wildman–Crippen LogP) is 1.95. The number of hydrogen-bond acceptors (Lipinski definition) is 5. The number of likely N-dealkylation sites (N-methyl/N-ethyl adjacent to an activating group) is 1. The molecule has 2 unspecified atom stereocenters. The first-order chi connectivity index (χ1) is 12.4. The second-order valence-electron chi connectivity index (χ2n) is 7.01. The minimum Gasteiger partial charge on any atom is -0.315 e. The zero-order chi connectivity index (χ0) is 18.6. The highest BCUT2D eigenvalue weighted by Crippen LogP contribution is 2.34. The van der Waals surface area contributed by atoms with E-state index in [1.807, 2.05) is 56.1 Å². The van der Waals surface area contributed by atoms with Crippen LogP contribution >= 0.6 is 0 Å². The van der Waals surface area contributed by atoms with E-state index in [1.165, 1.54) is 4.90 Å². The normalized spacial score (nSPS) is 24.8. The maximum atomic E-state index is 13.2. The number of guanidine groups is 1. The van der Waals surface area contributed by atoms with Gasteiger partial charge in [0.15, 0.2) is 12.2 Å². The summed E-state index contributed by atoms with van der Waals surface area (Å²) in [5, 5.41) is 0. The van der Waals surface area contributed by atoms with Crippen LogP contribution in [-0.2, 0) is 11.3 Å². The lowest BCUT2D eigenvalue weighted by Crippen LogP contribution is -2.63. The molecule has 136 valence electrons. The molecule has 3 aliphatic heterocycles. The van der Waals surface area contributed by atoms with Crippen LogP contribution < -0.4 is 0 Å². The number of benzene rings is 1. The monoisotopic (exact) mass is 353 g/mol. The molecule has 0 radical (unpaired) electrons. The lowest BCUT2D eigenvalue weighted by molar-refractivity contribution is -0.137. The fraction of sp³-hybridized carbons (Fsp3) is 0.421. The Bertz CT molecular complexity index is 829. The molecular weight excluding hydrogens is 330 g/mol. The van der Waals surface area contributed by atoms with Crippen LogP contribution in [0.3, 0.4) is 0 Å². The Morgan fingerprint density at radius 1 is 1.08 bits per heavy atom. The Hall–Kier alpha value is -2.83. The Balaban J connectivity index is 1.64. The molecule has 1 aromatic carbocycles. The number of carbonyl (C=O) groups excluding carboxylic acids is 2. The molecule has 0 aromatic heterocycles. The van der Waals surface area contributed by atoms with Crippen LogP contribution in [0.4, 0.5) is 4.79 Å². The number of fused-ring (bicyclic) bond motifs is 3. The fourth-order valence-corrected chi connectivity index (χ4v) is 3.81. The topological polar surface area (TPSA) is 59.5 Å². The van der Waals surface area contributed by atoms with Gasteiger partial charge in [0.2, 0.25) is 5.96 Å². The molecule has 1 saturated heterocycles. The fourth-order valence-electron chi connectivity index (χ4n) is 3.81. The van der Waals surface area contributed by atoms with E-state index in [-0.39, 0.29) is 18.5 Å². The van der Waals surface area contributed by atoms with Gasteiger partial charge in [-0.3, -0.25) is 9.69 Å². The minimum absolute atomic E-state index is 0.195. The van der Waals surface area contributed by atoms with Gasteiger partial charge in [0, 0.05) is 25.5 Å². The molecule has 7 nitrogen and oxygen atoms in total. The van der Waals surface area contributed by atoms with E-state index >= 15 is 0 Å². The van der Waals surface area contributed by atoms with Gasteiger partial charge in [-0.1, -0.05) is 29.8 Å². The van der Waals surface area contributed by atoms with Crippen molar-refractivity contribution in [2.45, 2.75) is 39.5 Å². The molecule has 1 aromatic rings. The van der Waals surface area contributed by atoms with Gasteiger partial charge in [-0.2, -0.15) is 0 Å². The smallest absolute Gasteiger partial charge is 0.315 e. The molecule has 3 aliphatic rings. The summed E-state index contributed by atoms with van der Waals surface area (Å²) in [6, 6.07) is 7.09. The summed E-state index contributed by atoms with van der Waals surface area (Å²) in [6.07, 6.45) is 1.48. The number of nitrogens with zero attached hydrogens (tertiary/aromatic N) is 5. The maximum absolute atomic E-state index is 13.2. The summed E-state index contributed by atoms with van der Waals surface area (Å²) in [5.41, 5.74) is 3.14. The first-order valence-corrected chi connectivity index (χ1v) is 8.88. The van der Waals surface area contributed by atoms with Crippen molar-refractivity contribution in [3.63, 3.8) is 0 Å². The van der Waals surface area contributed by atoms with Crippen molar-refractivity contribution in [1.82, 2.24) is 19.6 Å². The molecule has 4 rings (SSSR count). The Labute approximate surface area is 153 Å². The zero-order valence-corrected chi connectivity index (χ0v) is 15.5. The Morgan fingerprint density at radius 3 is 2.42 bits per heavy atom. The molecule has 2 atom stereocenters. The molecule has 0 saturated carbocycles. The molecule has 7 heteroatoms. The lowest BCUT2D eigenvalue weighted by atomic mass is 10.1. The lowest BCUT2D eigenvalue weighted by Gasteiger charge is -2.40. The molecule has 3 heterocycles. The van der Waals surface area contributed by atoms with E-state index in [0.29, 0.717) is 0 Å². The van der Waals surface area contributed by atoms with Crippen LogP contribution in [-0.4, -0.2) is 63.3 Å². The van der Waals surface area contributed by atoms with Gasteiger partial charge in [0.05, 0.1) is 6.54 Å². The standard InChI is InChI=1S/C19H23N5O2/c1-5-22-13(3)10-23-15-16(20-18(22)23)21(4)19(26)24(17(15)25)11-14-8-6-12(2)7-9-14/h6-10,15-16H,5,11H2,1-4H3. The molecule has 0 spiro atoms. The van der Waals surface area contributed by atoms with Crippen LogP contribution in [0.1, 0.15) is 25.0 Å². The van der Waals surface area contributed by atoms with Crippen molar-refractivity contribution in [1.29, 1.82) is 0 Å². The number of allylic oxidation sites excluding steroid dienone is 1. The first kappa shape index (κ1) is 16.6. The van der Waals surface area contributed by atoms with E-state index < -0.39 is 12.2 Å². The second-order valence-corrected chi connectivity index (χ2v) is 7.01. The highest BCUT2D eigenvalue weighted by molar-refractivity contribution is 6.04. The van der Waals surface area contributed by atoms with Gasteiger partial charge in [0.1, 0.15) is 0 Å². The highest BCUT2D eigenvalue weighted by atomic mass is 16.2. The van der Waals surface area contributed by atoms with Crippen molar-refractivity contribution in [3.05, 3.63) is 47.3 Å². The summed E-state index contributed by atoms with van der Waals surface area (Å²) in [6.45, 7) is 7.11. The van der Waals surface area contributed by atoms with Crippen molar-refractivity contribution in [2.24, 2.45) is 4.99 Å². The van der Waals surface area contributed by atoms with Crippen molar-refractivity contribution >= 4 is 17.9 Å². The van der Waals surface area contributed by atoms with Gasteiger partial charge >= 0.3 is 6.03 Å². The number of rotatable bonds is 3. The number of hydrogen-bond donors (Lipinski definition) is 0. The Morgan fingerprint density at radius 2 is 1.77 bits per heavy atom. The average molecular weight is 353 g/mol. The van der Waals surface area contributed by atoms with E-state index in [0.717, 1.165) is 29.3 Å². The number of imide groups is 1. The van der Waals surface area contributed by atoms with E-state index in [2.05, 4.69) is 9.89 Å². The molecule has 0 N–H and O–H groups in total. The number of urea groups is 1. The van der Waals surface area contributed by atoms with Gasteiger partial charge in [0.25, 0.3) is 5.91 Å². The number of aryl methyl sites for hydroxylation is 1. The summed E-state index contributed by atoms with van der Waals surface area (Å²) in [7, 11) is 1.72. The average Bonchev–Trinajstić information content (AvgIpc) is 3.12. The largest absolute Gasteiger partial charge is 0.328 e. The third kappa shape index (κ3) is 2.30. The highest BCUT2D eigenvalue weighted by Gasteiger charge is 2.53. The summed E-state index contributed by atoms with van der Waals surface area (Å²) in [4.78, 5) is 37.6. The maximum Gasteiger partial charge on any atom is 0.328 e. The number of amides is 3. The van der Waals surface area contributed by atoms with Crippen LogP contribution in [0.25, 0.3) is 0 Å². The molecule has 3 amide bonds.